The van der Waals surface area contributed by atoms with Crippen LogP contribution in [0.5, 0.6) is 0 Å². The maximum absolute atomic E-state index is 14.2. The second-order valence-electron chi connectivity index (χ2n) is 5.95. The Labute approximate surface area is 112 Å². The molecular weight excluding hydrogens is 287 g/mol. The van der Waals surface area contributed by atoms with Crippen molar-refractivity contribution in [3.8, 4) is 0 Å². The molecule has 5 unspecified atom stereocenters. The Morgan fingerprint density at radius 3 is 2.30 bits per heavy atom. The average molecular weight is 302 g/mol. The maximum Gasteiger partial charge on any atom is 0.449 e. The second-order valence-corrected chi connectivity index (χ2v) is 5.95. The summed E-state index contributed by atoms with van der Waals surface area (Å²) in [6.07, 6.45) is -4.67. The zero-order chi connectivity index (χ0) is 14.8. The molecule has 1 saturated heterocycles. The number of alkyl halides is 5. The van der Waals surface area contributed by atoms with Gasteiger partial charge in [-0.2, -0.15) is 22.0 Å². The van der Waals surface area contributed by atoms with Crippen LogP contribution in [-0.2, 0) is 9.47 Å². The molecule has 2 aliphatic carbocycles. The van der Waals surface area contributed by atoms with Crippen molar-refractivity contribution in [3.63, 3.8) is 0 Å². The molecule has 3 rings (SSSR count). The molecule has 0 radical (unpaired) electrons. The highest BCUT2D eigenvalue weighted by Crippen LogP contribution is 2.56. The van der Waals surface area contributed by atoms with Gasteiger partial charge in [0.1, 0.15) is 6.10 Å². The molecular formula is C12H15F5O3. The molecule has 2 bridgehead atoms. The SMILES string of the molecule is OC1(C(F)(F)F)OCOC(C2CC3CCC2C3)C1(F)F. The lowest BCUT2D eigenvalue weighted by Gasteiger charge is -2.46. The van der Waals surface area contributed by atoms with Gasteiger partial charge in [-0.1, -0.05) is 6.42 Å². The fourth-order valence-electron chi connectivity index (χ4n) is 3.91. The minimum Gasteiger partial charge on any atom is -0.354 e. The first-order chi connectivity index (χ1) is 9.17. The summed E-state index contributed by atoms with van der Waals surface area (Å²) in [5.41, 5.74) is 0. The van der Waals surface area contributed by atoms with Crippen LogP contribution in [0.15, 0.2) is 0 Å². The summed E-state index contributed by atoms with van der Waals surface area (Å²) in [6, 6.07) is 0. The van der Waals surface area contributed by atoms with Crippen molar-refractivity contribution in [2.24, 2.45) is 17.8 Å². The van der Waals surface area contributed by atoms with E-state index in [0.717, 1.165) is 19.3 Å². The van der Waals surface area contributed by atoms with Crippen LogP contribution in [-0.4, -0.2) is 35.9 Å². The Kier molecular flexibility index (Phi) is 3.09. The van der Waals surface area contributed by atoms with E-state index < -0.39 is 36.7 Å². The minimum atomic E-state index is -5.57. The summed E-state index contributed by atoms with van der Waals surface area (Å²) in [5, 5.41) is 9.36. The third kappa shape index (κ3) is 1.80. The van der Waals surface area contributed by atoms with Crippen LogP contribution in [0, 0.1) is 17.8 Å². The van der Waals surface area contributed by atoms with E-state index in [2.05, 4.69) is 4.74 Å². The molecule has 0 aromatic carbocycles. The molecule has 20 heavy (non-hydrogen) atoms. The largest absolute Gasteiger partial charge is 0.449 e. The lowest BCUT2D eigenvalue weighted by atomic mass is 9.80. The first-order valence-electron chi connectivity index (χ1n) is 6.59. The smallest absolute Gasteiger partial charge is 0.354 e. The summed E-state index contributed by atoms with van der Waals surface area (Å²) in [6.45, 7) is -0.982. The van der Waals surface area contributed by atoms with Gasteiger partial charge in [0.15, 0.2) is 6.79 Å². The van der Waals surface area contributed by atoms with Crippen molar-refractivity contribution in [1.29, 1.82) is 0 Å². The number of hydrogen-bond acceptors (Lipinski definition) is 3. The number of hydrogen-bond donors (Lipinski definition) is 1. The fourth-order valence-corrected chi connectivity index (χ4v) is 3.91. The van der Waals surface area contributed by atoms with Crippen molar-refractivity contribution in [2.45, 2.75) is 49.7 Å². The van der Waals surface area contributed by atoms with E-state index in [9.17, 15) is 27.1 Å². The molecule has 1 heterocycles. The second kappa shape index (κ2) is 4.27. The molecule has 2 saturated carbocycles. The molecule has 8 heteroatoms. The molecule has 1 N–H and O–H groups in total. The summed E-state index contributed by atoms with van der Waals surface area (Å²) in [4.78, 5) is 0. The van der Waals surface area contributed by atoms with E-state index in [4.69, 9.17) is 4.74 Å². The number of ether oxygens (including phenoxy) is 2. The third-order valence-corrected chi connectivity index (χ3v) is 4.89. The van der Waals surface area contributed by atoms with Crippen LogP contribution in [0.25, 0.3) is 0 Å². The monoisotopic (exact) mass is 302 g/mol. The van der Waals surface area contributed by atoms with Crippen molar-refractivity contribution in [2.75, 3.05) is 6.79 Å². The summed E-state index contributed by atoms with van der Waals surface area (Å²) in [5.74, 6) is -9.40. The molecule has 0 aromatic rings. The van der Waals surface area contributed by atoms with Crippen LogP contribution >= 0.6 is 0 Å². The standard InChI is InChI=1S/C12H15F5O3/c13-10(14)9(8-4-6-1-2-7(8)3-6)19-5-20-11(10,18)12(15,16)17/h6-9,18H,1-5H2. The van der Waals surface area contributed by atoms with E-state index in [1.807, 2.05) is 0 Å². The van der Waals surface area contributed by atoms with Gasteiger partial charge in [0.25, 0.3) is 0 Å². The molecule has 0 aromatic heterocycles. The van der Waals surface area contributed by atoms with Crippen LogP contribution in [0.4, 0.5) is 22.0 Å². The van der Waals surface area contributed by atoms with Gasteiger partial charge < -0.3 is 14.6 Å². The van der Waals surface area contributed by atoms with E-state index >= 15 is 0 Å². The zero-order valence-corrected chi connectivity index (χ0v) is 10.5. The van der Waals surface area contributed by atoms with Crippen molar-refractivity contribution in [1.82, 2.24) is 0 Å². The van der Waals surface area contributed by atoms with Crippen LogP contribution < -0.4 is 0 Å². The third-order valence-electron chi connectivity index (χ3n) is 4.89. The zero-order valence-electron chi connectivity index (χ0n) is 10.5. The number of halogens is 5. The van der Waals surface area contributed by atoms with Gasteiger partial charge in [-0.05, 0) is 37.0 Å². The maximum atomic E-state index is 14.2. The quantitative estimate of drug-likeness (QED) is 0.757. The lowest BCUT2D eigenvalue weighted by molar-refractivity contribution is -0.488. The van der Waals surface area contributed by atoms with E-state index in [1.165, 1.54) is 0 Å². The van der Waals surface area contributed by atoms with Gasteiger partial charge in [-0.3, -0.25) is 0 Å². The summed E-state index contributed by atoms with van der Waals surface area (Å²) in [7, 11) is 0. The minimum absolute atomic E-state index is 0.0496. The fraction of sp³-hybridized carbons (Fsp3) is 1.00. The number of rotatable bonds is 1. The van der Waals surface area contributed by atoms with Gasteiger partial charge in [-0.25, -0.2) is 0 Å². The van der Waals surface area contributed by atoms with Gasteiger partial charge in [0.2, 0.25) is 0 Å². The van der Waals surface area contributed by atoms with E-state index in [1.54, 1.807) is 0 Å². The Hall–Kier alpha value is -0.470. The van der Waals surface area contributed by atoms with Gasteiger partial charge in [0, 0.05) is 0 Å². The average Bonchev–Trinajstić information content (AvgIpc) is 2.93. The predicted octanol–water partition coefficient (Wildman–Crippen LogP) is 2.68. The van der Waals surface area contributed by atoms with Gasteiger partial charge in [-0.15, -0.1) is 0 Å². The topological polar surface area (TPSA) is 38.7 Å². The van der Waals surface area contributed by atoms with E-state index in [0.29, 0.717) is 6.42 Å². The molecule has 116 valence electrons. The normalized spacial score (nSPS) is 47.7. The summed E-state index contributed by atoms with van der Waals surface area (Å²) >= 11 is 0. The number of aliphatic hydroxyl groups is 1. The molecule has 0 spiro atoms. The molecule has 5 atom stereocenters. The highest BCUT2D eigenvalue weighted by Gasteiger charge is 2.77. The number of fused-ring (bicyclic) bond motifs is 2. The Morgan fingerprint density at radius 2 is 1.80 bits per heavy atom. The first-order valence-corrected chi connectivity index (χ1v) is 6.59. The van der Waals surface area contributed by atoms with Crippen LogP contribution in [0.1, 0.15) is 25.7 Å². The van der Waals surface area contributed by atoms with Crippen molar-refractivity contribution in [3.05, 3.63) is 0 Å². The molecule has 1 aliphatic heterocycles. The molecule has 0 amide bonds. The van der Waals surface area contributed by atoms with Crippen molar-refractivity contribution >= 4 is 0 Å². The lowest BCUT2D eigenvalue weighted by Crippen LogP contribution is -2.70. The first kappa shape index (κ1) is 14.5. The van der Waals surface area contributed by atoms with Crippen LogP contribution in [0.2, 0.25) is 0 Å². The highest BCUT2D eigenvalue weighted by molar-refractivity contribution is 5.05. The Bertz CT molecular complexity index is 399. The Balaban J connectivity index is 1.89. The van der Waals surface area contributed by atoms with Crippen molar-refractivity contribution < 1.29 is 36.5 Å². The van der Waals surface area contributed by atoms with Crippen LogP contribution in [0.3, 0.4) is 0 Å². The summed E-state index contributed by atoms with van der Waals surface area (Å²) < 4.78 is 75.3. The van der Waals surface area contributed by atoms with Gasteiger partial charge >= 0.3 is 17.9 Å². The molecule has 3 fully saturated rings. The predicted molar refractivity (Wildman–Crippen MR) is 55.7 cm³/mol. The van der Waals surface area contributed by atoms with Gasteiger partial charge in [0.05, 0.1) is 0 Å². The highest BCUT2D eigenvalue weighted by atomic mass is 19.4. The molecule has 3 aliphatic rings. The molecule has 3 nitrogen and oxygen atoms in total. The Morgan fingerprint density at radius 1 is 1.10 bits per heavy atom. The van der Waals surface area contributed by atoms with E-state index in [-0.39, 0.29) is 11.8 Å².